The third-order valence-corrected chi connectivity index (χ3v) is 9.94. The fourth-order valence-electron chi connectivity index (χ4n) is 7.40. The number of allylic oxidation sites excluding steroid dienone is 1. The summed E-state index contributed by atoms with van der Waals surface area (Å²) < 4.78 is 28.7. The van der Waals surface area contributed by atoms with Crippen LogP contribution in [0.1, 0.15) is 86.6 Å². The average molecular weight is 564 g/mol. The second kappa shape index (κ2) is 10.6. The molecule has 220 valence electrons. The van der Waals surface area contributed by atoms with Gasteiger partial charge in [-0.1, -0.05) is 24.8 Å². The van der Waals surface area contributed by atoms with Gasteiger partial charge in [0.25, 0.3) is 0 Å². The third kappa shape index (κ3) is 5.45. The molecule has 3 atom stereocenters. The number of benzene rings is 2. The summed E-state index contributed by atoms with van der Waals surface area (Å²) in [5, 5.41) is 2.93. The van der Waals surface area contributed by atoms with Gasteiger partial charge in [0.05, 0.1) is 5.92 Å². The molecule has 2 aromatic carbocycles. The minimum Gasteiger partial charge on any atom is -0.342 e. The SMILES string of the molecule is C=C(NC(C)=O)C1CC2(CCN(C(=O)C3CN(C(C)(C)C)C[C@H]3c3ccc(F)cc3F)CC2)c2cc(C)c(C)cc21. The lowest BCUT2D eigenvalue weighted by Gasteiger charge is -2.42. The van der Waals surface area contributed by atoms with E-state index in [1.165, 1.54) is 41.3 Å². The maximum Gasteiger partial charge on any atom is 0.227 e. The van der Waals surface area contributed by atoms with Crippen LogP contribution in [-0.4, -0.2) is 53.3 Å². The Bertz CT molecular complexity index is 1390. The highest BCUT2D eigenvalue weighted by atomic mass is 19.1. The number of nitrogens with one attached hydrogen (secondary N) is 1. The predicted molar refractivity (Wildman–Crippen MR) is 158 cm³/mol. The number of amides is 2. The van der Waals surface area contributed by atoms with Crippen molar-refractivity contribution in [3.05, 3.63) is 82.1 Å². The summed E-state index contributed by atoms with van der Waals surface area (Å²) in [4.78, 5) is 30.2. The van der Waals surface area contributed by atoms with Gasteiger partial charge in [-0.05, 0) is 93.2 Å². The first kappa shape index (κ1) is 29.4. The van der Waals surface area contributed by atoms with Crippen LogP contribution in [0.2, 0.25) is 0 Å². The van der Waals surface area contributed by atoms with E-state index < -0.39 is 17.6 Å². The molecule has 0 radical (unpaired) electrons. The van der Waals surface area contributed by atoms with E-state index in [2.05, 4.69) is 63.5 Å². The number of carbonyl (C=O) groups excluding carboxylic acids is 2. The molecule has 2 fully saturated rings. The summed E-state index contributed by atoms with van der Waals surface area (Å²) in [6.07, 6.45) is 2.50. The van der Waals surface area contributed by atoms with Gasteiger partial charge in [-0.25, -0.2) is 8.78 Å². The normalized spacial score (nSPS) is 24.0. The summed E-state index contributed by atoms with van der Waals surface area (Å²) in [6, 6.07) is 8.27. The highest BCUT2D eigenvalue weighted by Gasteiger charge is 2.49. The third-order valence-electron chi connectivity index (χ3n) is 9.94. The van der Waals surface area contributed by atoms with Crippen LogP contribution in [0, 0.1) is 31.4 Å². The number of fused-ring (bicyclic) bond motifs is 2. The van der Waals surface area contributed by atoms with Crippen molar-refractivity contribution in [3.63, 3.8) is 0 Å². The molecule has 5 nitrogen and oxygen atoms in total. The van der Waals surface area contributed by atoms with E-state index in [-0.39, 0.29) is 34.6 Å². The van der Waals surface area contributed by atoms with Crippen molar-refractivity contribution in [2.24, 2.45) is 5.92 Å². The van der Waals surface area contributed by atoms with Crippen LogP contribution in [0.15, 0.2) is 42.6 Å². The summed E-state index contributed by atoms with van der Waals surface area (Å²) in [5.74, 6) is -1.94. The van der Waals surface area contributed by atoms with Crippen molar-refractivity contribution >= 4 is 11.8 Å². The summed E-state index contributed by atoms with van der Waals surface area (Å²) >= 11 is 0. The number of hydrogen-bond donors (Lipinski definition) is 1. The van der Waals surface area contributed by atoms with Gasteiger partial charge < -0.3 is 10.2 Å². The predicted octanol–water partition coefficient (Wildman–Crippen LogP) is 6.09. The van der Waals surface area contributed by atoms with E-state index >= 15 is 0 Å². The Morgan fingerprint density at radius 3 is 2.27 bits per heavy atom. The Labute approximate surface area is 243 Å². The van der Waals surface area contributed by atoms with Gasteiger partial charge >= 0.3 is 0 Å². The van der Waals surface area contributed by atoms with Gasteiger partial charge in [0.15, 0.2) is 0 Å². The number of likely N-dealkylation sites (tertiary alicyclic amines) is 2. The zero-order valence-electron chi connectivity index (χ0n) is 25.2. The lowest BCUT2D eigenvalue weighted by atomic mass is 9.72. The van der Waals surface area contributed by atoms with E-state index in [9.17, 15) is 18.4 Å². The quantitative estimate of drug-likeness (QED) is 0.490. The molecule has 2 aromatic rings. The van der Waals surface area contributed by atoms with Gasteiger partial charge in [-0.3, -0.25) is 14.5 Å². The first-order valence-corrected chi connectivity index (χ1v) is 14.8. The topological polar surface area (TPSA) is 52.7 Å². The second-order valence-corrected chi connectivity index (χ2v) is 13.5. The molecule has 1 aliphatic carbocycles. The summed E-state index contributed by atoms with van der Waals surface area (Å²) in [6.45, 7) is 18.6. The Hall–Kier alpha value is -3.06. The maximum atomic E-state index is 15.0. The van der Waals surface area contributed by atoms with Crippen LogP contribution in [0.3, 0.4) is 0 Å². The van der Waals surface area contributed by atoms with E-state index in [4.69, 9.17) is 0 Å². The largest absolute Gasteiger partial charge is 0.342 e. The highest BCUT2D eigenvalue weighted by molar-refractivity contribution is 5.81. The van der Waals surface area contributed by atoms with Crippen LogP contribution < -0.4 is 5.32 Å². The van der Waals surface area contributed by atoms with Crippen LogP contribution in [0.5, 0.6) is 0 Å². The molecule has 2 heterocycles. The molecule has 0 bridgehead atoms. The maximum absolute atomic E-state index is 15.0. The summed E-state index contributed by atoms with van der Waals surface area (Å²) in [5.41, 5.74) is 5.89. The fraction of sp³-hybridized carbons (Fsp3) is 0.529. The lowest BCUT2D eigenvalue weighted by molar-refractivity contribution is -0.137. The first-order valence-electron chi connectivity index (χ1n) is 14.8. The van der Waals surface area contributed by atoms with Gasteiger partial charge in [0.1, 0.15) is 11.6 Å². The molecule has 2 unspecified atom stereocenters. The van der Waals surface area contributed by atoms with Crippen molar-refractivity contribution in [1.29, 1.82) is 0 Å². The molecule has 7 heteroatoms. The van der Waals surface area contributed by atoms with Crippen LogP contribution in [0.25, 0.3) is 0 Å². The van der Waals surface area contributed by atoms with Crippen molar-refractivity contribution in [1.82, 2.24) is 15.1 Å². The zero-order chi connectivity index (χ0) is 29.9. The van der Waals surface area contributed by atoms with E-state index in [0.29, 0.717) is 31.7 Å². The average Bonchev–Trinajstić information content (AvgIpc) is 3.45. The number of carbonyl (C=O) groups is 2. The highest BCUT2D eigenvalue weighted by Crippen LogP contribution is 2.54. The Morgan fingerprint density at radius 2 is 1.66 bits per heavy atom. The molecule has 2 saturated heterocycles. The zero-order valence-corrected chi connectivity index (χ0v) is 25.2. The molecular weight excluding hydrogens is 520 g/mol. The number of aryl methyl sites for hydroxylation is 2. The Morgan fingerprint density at radius 1 is 1.00 bits per heavy atom. The lowest BCUT2D eigenvalue weighted by Crippen LogP contribution is -2.48. The van der Waals surface area contributed by atoms with Crippen molar-refractivity contribution in [2.45, 2.75) is 83.6 Å². The molecule has 1 spiro atoms. The number of nitrogens with zero attached hydrogens (tertiary/aromatic N) is 2. The van der Waals surface area contributed by atoms with Crippen LogP contribution >= 0.6 is 0 Å². The molecule has 0 saturated carbocycles. The molecule has 2 aliphatic heterocycles. The fourth-order valence-corrected chi connectivity index (χ4v) is 7.40. The van der Waals surface area contributed by atoms with Crippen molar-refractivity contribution in [2.75, 3.05) is 26.2 Å². The minimum atomic E-state index is -0.608. The van der Waals surface area contributed by atoms with Crippen molar-refractivity contribution in [3.8, 4) is 0 Å². The number of halogens is 2. The Balaban J connectivity index is 1.39. The van der Waals surface area contributed by atoms with Crippen LogP contribution in [0.4, 0.5) is 8.78 Å². The number of piperidine rings is 1. The number of rotatable bonds is 4. The standard InChI is InChI=1S/C34H43F2N3O2/c1-20-14-26-27(22(3)37-23(4)40)17-34(30(26)15-21(20)2)10-12-38(13-11-34)32(41)29-19-39(33(5,6)7)18-28(29)25-9-8-24(35)16-31(25)36/h8-9,14-16,27-29H,3,10-13,17-19H2,1-2,4-7H3,(H,37,40)/t27?,28-,29?/m0/s1. The minimum absolute atomic E-state index is 0.0384. The molecule has 41 heavy (non-hydrogen) atoms. The van der Waals surface area contributed by atoms with E-state index in [0.717, 1.165) is 31.0 Å². The van der Waals surface area contributed by atoms with Crippen LogP contribution in [-0.2, 0) is 15.0 Å². The molecule has 2 amide bonds. The monoisotopic (exact) mass is 563 g/mol. The molecular formula is C34H43F2N3O2. The molecule has 0 aromatic heterocycles. The summed E-state index contributed by atoms with van der Waals surface area (Å²) in [7, 11) is 0. The van der Waals surface area contributed by atoms with Gasteiger partial charge in [0.2, 0.25) is 11.8 Å². The van der Waals surface area contributed by atoms with E-state index in [1.807, 2.05) is 4.90 Å². The van der Waals surface area contributed by atoms with Gasteiger partial charge in [-0.2, -0.15) is 0 Å². The van der Waals surface area contributed by atoms with Gasteiger partial charge in [0, 0.05) is 62.2 Å². The smallest absolute Gasteiger partial charge is 0.227 e. The van der Waals surface area contributed by atoms with E-state index in [1.54, 1.807) is 0 Å². The number of hydrogen-bond acceptors (Lipinski definition) is 3. The first-order chi connectivity index (χ1) is 19.2. The molecule has 3 aliphatic rings. The molecule has 1 N–H and O–H groups in total. The molecule has 5 rings (SSSR count). The Kier molecular flexibility index (Phi) is 7.64. The van der Waals surface area contributed by atoms with Gasteiger partial charge in [-0.15, -0.1) is 0 Å². The second-order valence-electron chi connectivity index (χ2n) is 13.5. The van der Waals surface area contributed by atoms with Crippen molar-refractivity contribution < 1.29 is 18.4 Å².